The Morgan fingerprint density at radius 1 is 1.29 bits per heavy atom. The van der Waals surface area contributed by atoms with Gasteiger partial charge in [0, 0.05) is 12.6 Å². The number of benzene rings is 1. The van der Waals surface area contributed by atoms with E-state index in [0.29, 0.717) is 12.3 Å². The molecule has 2 rings (SSSR count). The quantitative estimate of drug-likeness (QED) is 0.830. The first kappa shape index (κ1) is 14.9. The molecule has 0 radical (unpaired) electrons. The van der Waals surface area contributed by atoms with Crippen LogP contribution in [0.25, 0.3) is 6.08 Å². The predicted octanol–water partition coefficient (Wildman–Crippen LogP) is 2.97. The van der Waals surface area contributed by atoms with Crippen molar-refractivity contribution in [3.05, 3.63) is 59.6 Å². The van der Waals surface area contributed by atoms with Crippen molar-refractivity contribution in [2.45, 2.75) is 13.3 Å². The molecular weight excluding hydrogens is 266 g/mol. The summed E-state index contributed by atoms with van der Waals surface area (Å²) in [5, 5.41) is 2.84. The molecule has 0 saturated heterocycles. The van der Waals surface area contributed by atoms with E-state index < -0.39 is 0 Å². The Balaban J connectivity index is 1.80. The van der Waals surface area contributed by atoms with Crippen molar-refractivity contribution in [3.8, 4) is 5.75 Å². The van der Waals surface area contributed by atoms with E-state index in [4.69, 9.17) is 9.15 Å². The topological polar surface area (TPSA) is 51.5 Å². The molecule has 0 aliphatic heterocycles. The number of furan rings is 1. The molecule has 0 unspecified atom stereocenters. The Labute approximate surface area is 124 Å². The van der Waals surface area contributed by atoms with Gasteiger partial charge in [0.1, 0.15) is 17.3 Å². The number of carbonyl (C=O) groups is 1. The van der Waals surface area contributed by atoms with E-state index >= 15 is 0 Å². The molecule has 0 aliphatic carbocycles. The molecular formula is C17H19NO3. The van der Waals surface area contributed by atoms with Crippen LogP contribution in [0.4, 0.5) is 0 Å². The average molecular weight is 285 g/mol. The smallest absolute Gasteiger partial charge is 0.244 e. The summed E-state index contributed by atoms with van der Waals surface area (Å²) in [5.74, 6) is 2.20. The number of hydrogen-bond acceptors (Lipinski definition) is 3. The third-order valence-corrected chi connectivity index (χ3v) is 3.05. The maximum atomic E-state index is 11.7. The van der Waals surface area contributed by atoms with E-state index in [2.05, 4.69) is 5.32 Å². The van der Waals surface area contributed by atoms with E-state index in [-0.39, 0.29) is 5.91 Å². The number of hydrogen-bond donors (Lipinski definition) is 1. The van der Waals surface area contributed by atoms with Gasteiger partial charge >= 0.3 is 0 Å². The van der Waals surface area contributed by atoms with Crippen LogP contribution in [0.15, 0.2) is 46.9 Å². The van der Waals surface area contributed by atoms with Gasteiger partial charge in [0.05, 0.1) is 7.11 Å². The lowest BCUT2D eigenvalue weighted by Crippen LogP contribution is -2.23. The normalized spacial score (nSPS) is 10.8. The van der Waals surface area contributed by atoms with E-state index in [1.807, 2.05) is 43.3 Å². The standard InChI is InChI=1S/C17H19NO3/c1-13-7-8-15(21-13)9-10-17(19)18-12-11-14-5-3-4-6-16(14)20-2/h3-10H,11-12H2,1-2H3,(H,18,19)/b10-9+. The summed E-state index contributed by atoms with van der Waals surface area (Å²) in [5.41, 5.74) is 1.07. The lowest BCUT2D eigenvalue weighted by atomic mass is 10.1. The fourth-order valence-electron chi connectivity index (χ4n) is 1.99. The number of ether oxygens (including phenoxy) is 1. The Kier molecular flexibility index (Phi) is 5.21. The highest BCUT2D eigenvalue weighted by Gasteiger charge is 2.02. The zero-order valence-corrected chi connectivity index (χ0v) is 12.3. The first-order valence-electron chi connectivity index (χ1n) is 6.83. The van der Waals surface area contributed by atoms with E-state index in [0.717, 1.165) is 23.5 Å². The van der Waals surface area contributed by atoms with Gasteiger partial charge in [0.15, 0.2) is 0 Å². The SMILES string of the molecule is COc1ccccc1CCNC(=O)/C=C/c1ccc(C)o1. The first-order chi connectivity index (χ1) is 10.2. The van der Waals surface area contributed by atoms with Crippen molar-refractivity contribution in [1.29, 1.82) is 0 Å². The molecule has 1 heterocycles. The van der Waals surface area contributed by atoms with Gasteiger partial charge < -0.3 is 14.5 Å². The number of rotatable bonds is 6. The van der Waals surface area contributed by atoms with Crippen molar-refractivity contribution in [2.75, 3.05) is 13.7 Å². The van der Waals surface area contributed by atoms with Crippen LogP contribution in [0.3, 0.4) is 0 Å². The predicted molar refractivity (Wildman–Crippen MR) is 82.2 cm³/mol. The second-order valence-corrected chi connectivity index (χ2v) is 4.63. The summed E-state index contributed by atoms with van der Waals surface area (Å²) in [6.45, 7) is 2.42. The minimum atomic E-state index is -0.140. The minimum Gasteiger partial charge on any atom is -0.496 e. The summed E-state index contributed by atoms with van der Waals surface area (Å²) < 4.78 is 10.6. The summed E-state index contributed by atoms with van der Waals surface area (Å²) in [7, 11) is 1.64. The molecule has 0 spiro atoms. The highest BCUT2D eigenvalue weighted by atomic mass is 16.5. The molecule has 0 fully saturated rings. The molecule has 1 N–H and O–H groups in total. The summed E-state index contributed by atoms with van der Waals surface area (Å²) in [6.07, 6.45) is 3.86. The lowest BCUT2D eigenvalue weighted by molar-refractivity contribution is -0.116. The number of amides is 1. The molecule has 110 valence electrons. The molecule has 4 nitrogen and oxygen atoms in total. The Bertz CT molecular complexity index is 628. The summed E-state index contributed by atoms with van der Waals surface area (Å²) in [4.78, 5) is 11.7. The fourth-order valence-corrected chi connectivity index (χ4v) is 1.99. The van der Waals surface area contributed by atoms with E-state index in [1.54, 1.807) is 13.2 Å². The van der Waals surface area contributed by atoms with Crippen molar-refractivity contribution < 1.29 is 13.9 Å². The fraction of sp³-hybridized carbons (Fsp3) is 0.235. The molecule has 1 aromatic heterocycles. The highest BCUT2D eigenvalue weighted by molar-refractivity contribution is 5.91. The van der Waals surface area contributed by atoms with Gasteiger partial charge in [0.2, 0.25) is 5.91 Å². The van der Waals surface area contributed by atoms with Crippen molar-refractivity contribution in [1.82, 2.24) is 5.32 Å². The second kappa shape index (κ2) is 7.33. The maximum absolute atomic E-state index is 11.7. The van der Waals surface area contributed by atoms with Gasteiger partial charge in [-0.05, 0) is 43.2 Å². The monoisotopic (exact) mass is 285 g/mol. The van der Waals surface area contributed by atoms with Crippen LogP contribution in [0, 0.1) is 6.92 Å². The Morgan fingerprint density at radius 3 is 2.81 bits per heavy atom. The molecule has 2 aromatic rings. The maximum Gasteiger partial charge on any atom is 0.244 e. The van der Waals surface area contributed by atoms with Gasteiger partial charge in [-0.25, -0.2) is 0 Å². The number of nitrogens with one attached hydrogen (secondary N) is 1. The van der Waals surface area contributed by atoms with Crippen LogP contribution < -0.4 is 10.1 Å². The van der Waals surface area contributed by atoms with Gasteiger partial charge in [-0.1, -0.05) is 18.2 Å². The second-order valence-electron chi connectivity index (χ2n) is 4.63. The van der Waals surface area contributed by atoms with Crippen LogP contribution in [0.2, 0.25) is 0 Å². The molecule has 4 heteroatoms. The molecule has 0 saturated carbocycles. The Hall–Kier alpha value is -2.49. The highest BCUT2D eigenvalue weighted by Crippen LogP contribution is 2.17. The first-order valence-corrected chi connectivity index (χ1v) is 6.83. The third-order valence-electron chi connectivity index (χ3n) is 3.05. The molecule has 0 atom stereocenters. The summed E-state index contributed by atoms with van der Waals surface area (Å²) >= 11 is 0. The van der Waals surface area contributed by atoms with Crippen LogP contribution in [-0.4, -0.2) is 19.6 Å². The number of methoxy groups -OCH3 is 1. The van der Waals surface area contributed by atoms with Gasteiger partial charge in [-0.15, -0.1) is 0 Å². The van der Waals surface area contributed by atoms with Crippen LogP contribution in [-0.2, 0) is 11.2 Å². The number of aryl methyl sites for hydroxylation is 1. The molecule has 0 aliphatic rings. The van der Waals surface area contributed by atoms with Gasteiger partial charge in [-0.3, -0.25) is 4.79 Å². The molecule has 0 bridgehead atoms. The van der Waals surface area contributed by atoms with Gasteiger partial charge in [-0.2, -0.15) is 0 Å². The van der Waals surface area contributed by atoms with E-state index in [1.165, 1.54) is 6.08 Å². The van der Waals surface area contributed by atoms with Crippen LogP contribution >= 0.6 is 0 Å². The molecule has 1 amide bonds. The molecule has 21 heavy (non-hydrogen) atoms. The molecule has 1 aromatic carbocycles. The van der Waals surface area contributed by atoms with Gasteiger partial charge in [0.25, 0.3) is 0 Å². The zero-order chi connectivity index (χ0) is 15.1. The number of carbonyl (C=O) groups excluding carboxylic acids is 1. The van der Waals surface area contributed by atoms with Crippen molar-refractivity contribution in [2.24, 2.45) is 0 Å². The Morgan fingerprint density at radius 2 is 2.10 bits per heavy atom. The number of para-hydroxylation sites is 1. The van der Waals surface area contributed by atoms with Crippen LogP contribution in [0.5, 0.6) is 5.75 Å². The zero-order valence-electron chi connectivity index (χ0n) is 12.3. The van der Waals surface area contributed by atoms with Crippen molar-refractivity contribution >= 4 is 12.0 Å². The van der Waals surface area contributed by atoms with Crippen molar-refractivity contribution in [3.63, 3.8) is 0 Å². The van der Waals surface area contributed by atoms with Crippen LogP contribution in [0.1, 0.15) is 17.1 Å². The lowest BCUT2D eigenvalue weighted by Gasteiger charge is -2.08. The third kappa shape index (κ3) is 4.53. The summed E-state index contributed by atoms with van der Waals surface area (Å²) in [6, 6.07) is 11.5. The van der Waals surface area contributed by atoms with E-state index in [9.17, 15) is 4.79 Å². The average Bonchev–Trinajstić information content (AvgIpc) is 2.91. The minimum absolute atomic E-state index is 0.140. The largest absolute Gasteiger partial charge is 0.496 e.